The molecular formula is C10H12Cl2Ru. The van der Waals surface area contributed by atoms with Crippen LogP contribution in [0.1, 0.15) is 30.9 Å². The molecule has 0 aliphatic carbocycles. The summed E-state index contributed by atoms with van der Waals surface area (Å²) >= 11 is -1.69. The van der Waals surface area contributed by atoms with Gasteiger partial charge in [0.25, 0.3) is 0 Å². The van der Waals surface area contributed by atoms with Crippen LogP contribution in [0.3, 0.4) is 0 Å². The quantitative estimate of drug-likeness (QED) is 0.727. The molecular weight excluding hydrogens is 292 g/mol. The van der Waals surface area contributed by atoms with Crippen LogP contribution in [0.2, 0.25) is 0 Å². The van der Waals surface area contributed by atoms with Gasteiger partial charge in [0.05, 0.1) is 0 Å². The Hall–Kier alpha value is 0.293. The molecule has 0 fully saturated rings. The molecule has 0 nitrogen and oxygen atoms in total. The summed E-state index contributed by atoms with van der Waals surface area (Å²) in [5.74, 6) is 0.523. The standard InChI is InChI=1S/C10H12.2ClH.Ru/c1-8(2)10-7-5-4-6-9(10)3;;;/h3-8H,1-2H3;2*1H;/q;;;+2/p-2. The van der Waals surface area contributed by atoms with Crippen molar-refractivity contribution in [2.24, 2.45) is 0 Å². The van der Waals surface area contributed by atoms with Gasteiger partial charge in [0.15, 0.2) is 0 Å². The Labute approximate surface area is 92.4 Å². The van der Waals surface area contributed by atoms with Crippen molar-refractivity contribution in [1.29, 1.82) is 0 Å². The first kappa shape index (κ1) is 11.4. The topological polar surface area (TPSA) is 0 Å². The van der Waals surface area contributed by atoms with E-state index in [1.165, 1.54) is 11.1 Å². The van der Waals surface area contributed by atoms with E-state index in [1.54, 1.807) is 0 Å². The van der Waals surface area contributed by atoms with Gasteiger partial charge in [0.2, 0.25) is 0 Å². The molecule has 1 rings (SSSR count). The van der Waals surface area contributed by atoms with Crippen LogP contribution in [-0.4, -0.2) is 4.61 Å². The Morgan fingerprint density at radius 1 is 1.23 bits per heavy atom. The van der Waals surface area contributed by atoms with Crippen molar-refractivity contribution in [2.45, 2.75) is 19.8 Å². The van der Waals surface area contributed by atoms with E-state index >= 15 is 0 Å². The zero-order chi connectivity index (χ0) is 9.84. The number of hydrogen-bond donors (Lipinski definition) is 0. The number of hydrogen-bond acceptors (Lipinski definition) is 0. The van der Waals surface area contributed by atoms with E-state index in [1.807, 2.05) is 16.7 Å². The molecule has 0 aliphatic rings. The van der Waals surface area contributed by atoms with Crippen molar-refractivity contribution in [2.75, 3.05) is 0 Å². The van der Waals surface area contributed by atoms with Crippen molar-refractivity contribution in [3.8, 4) is 0 Å². The van der Waals surface area contributed by atoms with Gasteiger partial charge in [-0.25, -0.2) is 0 Å². The average molecular weight is 304 g/mol. The number of rotatable bonds is 2. The molecule has 0 heterocycles. The van der Waals surface area contributed by atoms with Crippen molar-refractivity contribution in [1.82, 2.24) is 0 Å². The first-order valence-corrected chi connectivity index (χ1v) is 9.51. The fourth-order valence-corrected chi connectivity index (χ4v) is 3.06. The number of benzene rings is 1. The van der Waals surface area contributed by atoms with E-state index in [0.29, 0.717) is 5.92 Å². The van der Waals surface area contributed by atoms with Crippen molar-refractivity contribution in [3.63, 3.8) is 0 Å². The molecule has 0 spiro atoms. The fourth-order valence-electron chi connectivity index (χ4n) is 1.21. The normalized spacial score (nSPS) is 11.6. The monoisotopic (exact) mass is 304 g/mol. The zero-order valence-corrected chi connectivity index (χ0v) is 10.8. The molecule has 0 saturated heterocycles. The Balaban J connectivity index is 3.12. The molecule has 0 atom stereocenters. The third-order valence-electron chi connectivity index (χ3n) is 1.81. The summed E-state index contributed by atoms with van der Waals surface area (Å²) in [5.41, 5.74) is 2.52. The van der Waals surface area contributed by atoms with Crippen LogP contribution >= 0.6 is 19.4 Å². The molecule has 1 aromatic rings. The molecule has 0 bridgehead atoms. The van der Waals surface area contributed by atoms with Crippen LogP contribution in [0, 0.1) is 0 Å². The van der Waals surface area contributed by atoms with Gasteiger partial charge < -0.3 is 0 Å². The molecule has 0 radical (unpaired) electrons. The Bertz CT molecular complexity index is 314. The SMILES string of the molecule is CC(C)c1ccccc1[CH]=[Ru]([Cl])[Cl]. The van der Waals surface area contributed by atoms with Crippen LogP contribution in [0.25, 0.3) is 0 Å². The maximum absolute atomic E-state index is 5.84. The van der Waals surface area contributed by atoms with E-state index in [-0.39, 0.29) is 0 Å². The van der Waals surface area contributed by atoms with E-state index in [2.05, 4.69) is 26.0 Å². The third kappa shape index (κ3) is 3.50. The molecule has 74 valence electrons. The van der Waals surface area contributed by atoms with Crippen LogP contribution < -0.4 is 0 Å². The van der Waals surface area contributed by atoms with Crippen LogP contribution in [-0.2, 0) is 13.5 Å². The van der Waals surface area contributed by atoms with Gasteiger partial charge in [-0.3, -0.25) is 0 Å². The molecule has 0 amide bonds. The Morgan fingerprint density at radius 3 is 2.38 bits per heavy atom. The second-order valence-electron chi connectivity index (χ2n) is 3.09. The first-order chi connectivity index (χ1) is 6.11. The van der Waals surface area contributed by atoms with Gasteiger partial charge >= 0.3 is 92.7 Å². The summed E-state index contributed by atoms with van der Waals surface area (Å²) < 4.78 is 2.00. The number of halogens is 2. The summed E-state index contributed by atoms with van der Waals surface area (Å²) in [4.78, 5) is 0. The predicted molar refractivity (Wildman–Crippen MR) is 57.4 cm³/mol. The van der Waals surface area contributed by atoms with Crippen LogP contribution in [0.4, 0.5) is 0 Å². The van der Waals surface area contributed by atoms with Crippen molar-refractivity contribution >= 4 is 24.0 Å². The fraction of sp³-hybridized carbons (Fsp3) is 0.300. The zero-order valence-electron chi connectivity index (χ0n) is 7.57. The molecule has 0 unspecified atom stereocenters. The van der Waals surface area contributed by atoms with Crippen molar-refractivity contribution < 1.29 is 13.5 Å². The maximum atomic E-state index is 5.84. The van der Waals surface area contributed by atoms with Gasteiger partial charge in [-0.15, -0.1) is 0 Å². The van der Waals surface area contributed by atoms with Gasteiger partial charge in [0, 0.05) is 0 Å². The van der Waals surface area contributed by atoms with Gasteiger partial charge in [-0.2, -0.15) is 0 Å². The van der Waals surface area contributed by atoms with Crippen LogP contribution in [0.5, 0.6) is 0 Å². The molecule has 0 aliphatic heterocycles. The van der Waals surface area contributed by atoms with Gasteiger partial charge in [0.1, 0.15) is 0 Å². The molecule has 0 aromatic heterocycles. The van der Waals surface area contributed by atoms with E-state index in [9.17, 15) is 0 Å². The average Bonchev–Trinajstić information content (AvgIpc) is 2.03. The summed E-state index contributed by atoms with van der Waals surface area (Å²) in [5, 5.41) is 0. The molecule has 13 heavy (non-hydrogen) atoms. The Morgan fingerprint density at radius 2 is 1.85 bits per heavy atom. The molecule has 1 aromatic carbocycles. The summed E-state index contributed by atoms with van der Waals surface area (Å²) in [7, 11) is 11.7. The minimum absolute atomic E-state index is 0.523. The Kier molecular flexibility index (Phi) is 4.58. The second-order valence-corrected chi connectivity index (χ2v) is 8.82. The van der Waals surface area contributed by atoms with E-state index in [0.717, 1.165) is 0 Å². The van der Waals surface area contributed by atoms with E-state index in [4.69, 9.17) is 19.4 Å². The minimum atomic E-state index is -1.69. The van der Waals surface area contributed by atoms with Crippen LogP contribution in [0.15, 0.2) is 24.3 Å². The van der Waals surface area contributed by atoms with E-state index < -0.39 is 13.5 Å². The molecule has 0 N–H and O–H groups in total. The second kappa shape index (κ2) is 5.24. The summed E-state index contributed by atoms with van der Waals surface area (Å²) in [6.07, 6.45) is 0. The van der Waals surface area contributed by atoms with Gasteiger partial charge in [-0.1, -0.05) is 0 Å². The predicted octanol–water partition coefficient (Wildman–Crippen LogP) is 3.89. The van der Waals surface area contributed by atoms with Crippen molar-refractivity contribution in [3.05, 3.63) is 35.4 Å². The first-order valence-electron chi connectivity index (χ1n) is 4.03. The third-order valence-corrected chi connectivity index (χ3v) is 3.64. The summed E-state index contributed by atoms with van der Waals surface area (Å²) in [6.45, 7) is 4.35. The summed E-state index contributed by atoms with van der Waals surface area (Å²) in [6, 6.07) is 8.26. The molecule has 0 saturated carbocycles. The van der Waals surface area contributed by atoms with Gasteiger partial charge in [-0.05, 0) is 0 Å². The molecule has 3 heteroatoms.